The van der Waals surface area contributed by atoms with Gasteiger partial charge in [0, 0.05) is 18.1 Å². The molecule has 244 valence electrons. The molecule has 0 amide bonds. The normalized spacial score (nSPS) is 20.9. The lowest BCUT2D eigenvalue weighted by Gasteiger charge is -2.39. The Hall–Kier alpha value is -2.17. The average Bonchev–Trinajstić information content (AvgIpc) is 2.88. The van der Waals surface area contributed by atoms with Gasteiger partial charge in [-0.1, -0.05) is 62.9 Å². The Bertz CT molecular complexity index is 859. The number of unbranched alkanes of at least 4 members (excludes halogenated alkanes) is 2. The van der Waals surface area contributed by atoms with E-state index in [-0.39, 0.29) is 25.8 Å². The molecule has 2 aliphatic rings. The highest BCUT2D eigenvalue weighted by atomic mass is 16.4. The first-order chi connectivity index (χ1) is 20.0. The van der Waals surface area contributed by atoms with Crippen LogP contribution in [-0.4, -0.2) is 64.8 Å². The van der Waals surface area contributed by atoms with Crippen LogP contribution >= 0.6 is 0 Å². The van der Waals surface area contributed by atoms with Crippen molar-refractivity contribution in [3.05, 3.63) is 35.4 Å². The summed E-state index contributed by atoms with van der Waals surface area (Å²) in [6.45, 7) is 2.13. The first-order valence-electron chi connectivity index (χ1n) is 15.0. The minimum atomic E-state index is -1.16. The average molecular weight is 607 g/mol. The van der Waals surface area contributed by atoms with Crippen LogP contribution < -0.4 is 17.2 Å². The highest BCUT2D eigenvalue weighted by molar-refractivity contribution is 6.41. The van der Waals surface area contributed by atoms with Gasteiger partial charge in [-0.25, -0.2) is 0 Å². The molecule has 11 nitrogen and oxygen atoms in total. The fourth-order valence-corrected chi connectivity index (χ4v) is 5.44. The van der Waals surface area contributed by atoms with E-state index >= 15 is 0 Å². The Balaban J connectivity index is 0. The number of aryl methyl sites for hydroxylation is 2. The second-order valence-corrected chi connectivity index (χ2v) is 11.6. The highest BCUT2D eigenvalue weighted by Crippen LogP contribution is 2.39. The number of nitrogens with two attached hydrogens (primary N) is 3. The van der Waals surface area contributed by atoms with Gasteiger partial charge >= 0.3 is 26.5 Å². The molecular formula is C30H55B2N3O8. The van der Waals surface area contributed by atoms with Crippen molar-refractivity contribution in [1.82, 2.24) is 0 Å². The fourth-order valence-electron chi connectivity index (χ4n) is 5.44. The number of rotatable bonds is 15. The van der Waals surface area contributed by atoms with Crippen LogP contribution in [0.1, 0.15) is 89.2 Å². The topological polar surface area (TPSA) is 227 Å². The monoisotopic (exact) mass is 607 g/mol. The smallest absolute Gasteiger partial charge is 0.427 e. The summed E-state index contributed by atoms with van der Waals surface area (Å²) in [5.74, 6) is 2.13. The predicted octanol–water partition coefficient (Wildman–Crippen LogP) is 2.09. The summed E-state index contributed by atoms with van der Waals surface area (Å²) in [4.78, 5) is 32.5. The van der Waals surface area contributed by atoms with E-state index in [1.54, 1.807) is 0 Å². The molecular weight excluding hydrogens is 552 g/mol. The van der Waals surface area contributed by atoms with Crippen molar-refractivity contribution in [3.63, 3.8) is 0 Å². The van der Waals surface area contributed by atoms with Crippen LogP contribution in [0.4, 0.5) is 0 Å². The summed E-state index contributed by atoms with van der Waals surface area (Å²) in [6.07, 6.45) is 14.2. The van der Waals surface area contributed by atoms with Crippen molar-refractivity contribution in [2.75, 3.05) is 0 Å². The highest BCUT2D eigenvalue weighted by Gasteiger charge is 2.32. The number of hydrogen-bond acceptors (Lipinski definition) is 11. The molecule has 1 aromatic carbocycles. The molecule has 3 rings (SSSR count). The van der Waals surface area contributed by atoms with Crippen LogP contribution in [0, 0.1) is 24.7 Å². The Morgan fingerprint density at radius 3 is 1.53 bits per heavy atom. The van der Waals surface area contributed by atoms with Crippen LogP contribution in [-0.2, 0) is 25.6 Å². The van der Waals surface area contributed by atoms with Crippen LogP contribution in [0.2, 0.25) is 12.6 Å². The van der Waals surface area contributed by atoms with Crippen LogP contribution in [0.25, 0.3) is 0 Å². The van der Waals surface area contributed by atoms with E-state index in [1.807, 2.05) is 0 Å². The molecule has 2 aliphatic carbocycles. The summed E-state index contributed by atoms with van der Waals surface area (Å²) < 4.78 is 0. The van der Waals surface area contributed by atoms with Gasteiger partial charge in [-0.15, -0.1) is 0 Å². The number of benzene rings is 1. The number of carbonyl (C=O) groups excluding carboxylic acids is 4. The Kier molecular flexibility index (Phi) is 26.2. The molecule has 0 radical (unpaired) electrons. The Morgan fingerprint density at radius 2 is 1.16 bits per heavy atom. The first kappa shape index (κ1) is 43.0. The van der Waals surface area contributed by atoms with E-state index in [1.165, 1.54) is 36.8 Å². The van der Waals surface area contributed by atoms with E-state index in [0.717, 1.165) is 57.3 Å². The molecule has 2 atom stereocenters. The zero-order valence-electron chi connectivity index (χ0n) is 25.0. The van der Waals surface area contributed by atoms with Crippen molar-refractivity contribution in [3.8, 4) is 0 Å². The lowest BCUT2D eigenvalue weighted by atomic mass is 9.68. The standard InChI is InChI=1S/C18H30BNO2.C9H21BN2O2.2CO2.CH4/c1-14-5-7-15(8-6-14)9-10-16-12-17(13-16)18(20)4-2-3-11-19(21)22;11-8-5-7(6-8)9(12)3-1-2-4-10(13)14;2*2-1-3;/h5-8,16-18,21-22H,2-4,9-13,20H2,1H3;7-9,13-14H,1-6,11-12H2;;;1H4. The van der Waals surface area contributed by atoms with Gasteiger partial charge in [0.05, 0.1) is 0 Å². The molecule has 0 bridgehead atoms. The first-order valence-corrected chi connectivity index (χ1v) is 15.0. The van der Waals surface area contributed by atoms with Gasteiger partial charge in [-0.05, 0) is 94.2 Å². The van der Waals surface area contributed by atoms with Crippen LogP contribution in [0.15, 0.2) is 24.3 Å². The van der Waals surface area contributed by atoms with Crippen molar-refractivity contribution in [1.29, 1.82) is 0 Å². The van der Waals surface area contributed by atoms with Crippen LogP contribution in [0.5, 0.6) is 0 Å². The molecule has 43 heavy (non-hydrogen) atoms. The molecule has 2 saturated carbocycles. The quantitative estimate of drug-likeness (QED) is 0.113. The van der Waals surface area contributed by atoms with Gasteiger partial charge in [0.1, 0.15) is 0 Å². The van der Waals surface area contributed by atoms with E-state index in [2.05, 4.69) is 31.2 Å². The summed E-state index contributed by atoms with van der Waals surface area (Å²) in [5, 5.41) is 34.9. The maximum Gasteiger partial charge on any atom is 0.451 e. The molecule has 0 spiro atoms. The lowest BCUT2D eigenvalue weighted by molar-refractivity contribution is -0.193. The van der Waals surface area contributed by atoms with Gasteiger partial charge in [-0.2, -0.15) is 19.2 Å². The van der Waals surface area contributed by atoms with Gasteiger partial charge in [-0.3, -0.25) is 0 Å². The minimum absolute atomic E-state index is 0. The van der Waals surface area contributed by atoms with Gasteiger partial charge in [0.2, 0.25) is 0 Å². The third-order valence-corrected chi connectivity index (χ3v) is 8.16. The molecule has 1 aromatic rings. The fraction of sp³-hybridized carbons (Fsp3) is 0.733. The third-order valence-electron chi connectivity index (χ3n) is 8.16. The van der Waals surface area contributed by atoms with Crippen molar-refractivity contribution in [2.24, 2.45) is 35.0 Å². The van der Waals surface area contributed by atoms with Gasteiger partial charge in [0.25, 0.3) is 0 Å². The molecule has 0 aliphatic heterocycles. The minimum Gasteiger partial charge on any atom is -0.427 e. The molecule has 0 aromatic heterocycles. The van der Waals surface area contributed by atoms with Gasteiger partial charge in [0.15, 0.2) is 0 Å². The summed E-state index contributed by atoms with van der Waals surface area (Å²) in [6, 6.07) is 9.79. The summed E-state index contributed by atoms with van der Waals surface area (Å²) >= 11 is 0. The largest absolute Gasteiger partial charge is 0.451 e. The molecule has 0 saturated heterocycles. The predicted molar refractivity (Wildman–Crippen MR) is 167 cm³/mol. The maximum atomic E-state index is 8.81. The zero-order valence-corrected chi connectivity index (χ0v) is 25.0. The third kappa shape index (κ3) is 22.1. The Morgan fingerprint density at radius 1 is 0.767 bits per heavy atom. The molecule has 10 N–H and O–H groups in total. The van der Waals surface area contributed by atoms with E-state index in [9.17, 15) is 0 Å². The summed E-state index contributed by atoms with van der Waals surface area (Å²) in [5.41, 5.74) is 20.7. The second-order valence-electron chi connectivity index (χ2n) is 11.6. The maximum absolute atomic E-state index is 8.81. The van der Waals surface area contributed by atoms with E-state index in [0.29, 0.717) is 36.6 Å². The lowest BCUT2D eigenvalue weighted by Crippen LogP contribution is -2.45. The zero-order chi connectivity index (χ0) is 31.9. The Labute approximate surface area is 258 Å². The van der Waals surface area contributed by atoms with Crippen LogP contribution in [0.3, 0.4) is 0 Å². The molecule has 2 fully saturated rings. The van der Waals surface area contributed by atoms with Gasteiger partial charge < -0.3 is 37.3 Å². The van der Waals surface area contributed by atoms with E-state index in [4.69, 9.17) is 56.5 Å². The SMILES string of the molecule is C.Cc1ccc(CCC2CC(C(N)CCCCB(O)O)C2)cc1.NC1CC(C(N)CCCCB(O)O)C1.O=C=O.O=C=O. The van der Waals surface area contributed by atoms with E-state index < -0.39 is 14.2 Å². The summed E-state index contributed by atoms with van der Waals surface area (Å²) in [7, 11) is -2.32. The van der Waals surface area contributed by atoms with Crippen molar-refractivity contribution in [2.45, 2.75) is 122 Å². The molecule has 13 heteroatoms. The number of hydrogen-bond donors (Lipinski definition) is 7. The molecule has 0 heterocycles. The molecule has 2 unspecified atom stereocenters. The van der Waals surface area contributed by atoms with Crippen molar-refractivity contribution < 1.29 is 39.3 Å². The van der Waals surface area contributed by atoms with Crippen molar-refractivity contribution >= 4 is 26.5 Å². The second kappa shape index (κ2) is 26.3.